The number of carboxylic acid groups (broad SMARTS) is 1. The van der Waals surface area contributed by atoms with Gasteiger partial charge in [-0.2, -0.15) is 23.4 Å². The molecule has 11 nitrogen and oxygen atoms in total. The van der Waals surface area contributed by atoms with Crippen LogP contribution in [0.15, 0.2) is 24.5 Å². The third kappa shape index (κ3) is 4.17. The van der Waals surface area contributed by atoms with E-state index in [4.69, 9.17) is 4.74 Å². The SMILES string of the molecule is CC(Oc1cc(-n2nc(C(F)(F)F)c3c2N(CC24CC(C(=O)O)(C2)C4)CCC3)cnn1)c1cc2c(cn1)OC(F)(F)O2. The number of hydrogen-bond donors (Lipinski definition) is 1. The minimum absolute atomic E-state index is 0.0622. The van der Waals surface area contributed by atoms with Gasteiger partial charge in [-0.15, -0.1) is 13.9 Å². The maximum absolute atomic E-state index is 14.1. The summed E-state index contributed by atoms with van der Waals surface area (Å²) in [7, 11) is 0. The first kappa shape index (κ1) is 26.6. The minimum atomic E-state index is -4.70. The van der Waals surface area contributed by atoms with Crippen molar-refractivity contribution in [2.45, 2.75) is 57.6 Å². The first-order chi connectivity index (χ1) is 19.8. The Morgan fingerprint density at radius 3 is 2.62 bits per heavy atom. The number of aliphatic carboxylic acids is 1. The van der Waals surface area contributed by atoms with E-state index >= 15 is 0 Å². The van der Waals surface area contributed by atoms with Crippen molar-refractivity contribution >= 4 is 11.8 Å². The molecule has 0 radical (unpaired) electrons. The molecule has 1 atom stereocenters. The van der Waals surface area contributed by atoms with Gasteiger partial charge >= 0.3 is 18.4 Å². The quantitative estimate of drug-likeness (QED) is 0.390. The van der Waals surface area contributed by atoms with Gasteiger partial charge in [-0.1, -0.05) is 0 Å². The average molecular weight is 594 g/mol. The van der Waals surface area contributed by atoms with E-state index in [2.05, 4.69) is 29.8 Å². The van der Waals surface area contributed by atoms with E-state index in [0.29, 0.717) is 38.8 Å². The molecule has 16 heteroatoms. The number of aromatic nitrogens is 5. The molecule has 3 fully saturated rings. The van der Waals surface area contributed by atoms with E-state index in [0.717, 1.165) is 6.20 Å². The Morgan fingerprint density at radius 2 is 1.90 bits per heavy atom. The first-order valence-corrected chi connectivity index (χ1v) is 13.2. The van der Waals surface area contributed by atoms with Crippen molar-refractivity contribution < 1.29 is 46.1 Å². The van der Waals surface area contributed by atoms with Crippen LogP contribution in [0.1, 0.15) is 55.7 Å². The molecule has 3 aromatic heterocycles. The molecule has 2 aliphatic heterocycles. The molecule has 1 N–H and O–H groups in total. The van der Waals surface area contributed by atoms with Crippen LogP contribution in [0.25, 0.3) is 5.69 Å². The third-order valence-corrected chi connectivity index (χ3v) is 8.39. The van der Waals surface area contributed by atoms with Crippen LogP contribution in [0.3, 0.4) is 0 Å². The maximum Gasteiger partial charge on any atom is 0.586 e. The second-order valence-electron chi connectivity index (χ2n) is 11.4. The van der Waals surface area contributed by atoms with Crippen molar-refractivity contribution in [3.05, 3.63) is 41.5 Å². The highest BCUT2D eigenvalue weighted by atomic mass is 19.4. The Morgan fingerprint density at radius 1 is 1.17 bits per heavy atom. The predicted molar refractivity (Wildman–Crippen MR) is 131 cm³/mol. The first-order valence-electron chi connectivity index (χ1n) is 13.2. The standard InChI is InChI=1S/C26H23F5N6O5/c1-13(16-6-17-18(8-32-16)42-26(30,31)41-17)40-19-5-14(7-33-34-19)37-21-15(20(35-37)25(27,28)29)3-2-4-36(21)12-23-9-24(10-23,11-23)22(38)39/h5-8,13H,2-4,9-12H2,1H3,(H,38,39). The van der Waals surface area contributed by atoms with E-state index in [1.807, 2.05) is 4.90 Å². The molecular weight excluding hydrogens is 571 g/mol. The zero-order chi connectivity index (χ0) is 29.7. The molecule has 0 spiro atoms. The van der Waals surface area contributed by atoms with E-state index in [1.165, 1.54) is 23.0 Å². The van der Waals surface area contributed by atoms with E-state index in [-0.39, 0.29) is 52.0 Å². The Bertz CT molecular complexity index is 1590. The van der Waals surface area contributed by atoms with Crippen molar-refractivity contribution in [1.82, 2.24) is 25.0 Å². The number of hydrogen-bond acceptors (Lipinski definition) is 9. The maximum atomic E-state index is 14.1. The summed E-state index contributed by atoms with van der Waals surface area (Å²) in [6.45, 7) is 2.49. The molecule has 3 saturated carbocycles. The lowest BCUT2D eigenvalue weighted by molar-refractivity contribution is -0.286. The van der Waals surface area contributed by atoms with Gasteiger partial charge in [0, 0.05) is 30.8 Å². The Balaban J connectivity index is 1.18. The Kier molecular flexibility index (Phi) is 5.48. The van der Waals surface area contributed by atoms with Crippen LogP contribution in [-0.4, -0.2) is 55.4 Å². The van der Waals surface area contributed by atoms with Gasteiger partial charge in [0.05, 0.1) is 29.2 Å². The molecule has 5 aliphatic rings. The second kappa shape index (κ2) is 8.64. The van der Waals surface area contributed by atoms with Crippen molar-refractivity contribution in [1.29, 1.82) is 0 Å². The van der Waals surface area contributed by atoms with Crippen LogP contribution < -0.4 is 19.1 Å². The fourth-order valence-electron chi connectivity index (χ4n) is 6.76. The van der Waals surface area contributed by atoms with Gasteiger partial charge in [0.15, 0.2) is 17.2 Å². The normalized spacial score (nSPS) is 25.7. The van der Waals surface area contributed by atoms with Crippen molar-refractivity contribution in [2.75, 3.05) is 18.0 Å². The molecule has 0 amide bonds. The molecule has 5 heterocycles. The van der Waals surface area contributed by atoms with Crippen LogP contribution in [0.4, 0.5) is 27.8 Å². The molecule has 222 valence electrons. The Hall–Kier alpha value is -4.24. The topological polar surface area (TPSA) is 125 Å². The molecule has 0 saturated heterocycles. The van der Waals surface area contributed by atoms with Crippen LogP contribution in [0.2, 0.25) is 0 Å². The lowest BCUT2D eigenvalue weighted by Gasteiger charge is -2.69. The lowest BCUT2D eigenvalue weighted by Crippen LogP contribution is -2.69. The number of carboxylic acids is 1. The zero-order valence-electron chi connectivity index (χ0n) is 22.0. The molecule has 3 aliphatic carbocycles. The van der Waals surface area contributed by atoms with E-state index < -0.39 is 35.7 Å². The van der Waals surface area contributed by atoms with Gasteiger partial charge in [-0.3, -0.25) is 9.78 Å². The molecule has 3 aromatic rings. The van der Waals surface area contributed by atoms with Gasteiger partial charge in [-0.05, 0) is 44.4 Å². The van der Waals surface area contributed by atoms with Gasteiger partial charge in [0.2, 0.25) is 5.88 Å². The molecule has 8 rings (SSSR count). The largest absolute Gasteiger partial charge is 0.586 e. The van der Waals surface area contributed by atoms with Gasteiger partial charge in [-0.25, -0.2) is 4.68 Å². The molecule has 42 heavy (non-hydrogen) atoms. The van der Waals surface area contributed by atoms with E-state index in [9.17, 15) is 31.9 Å². The summed E-state index contributed by atoms with van der Waals surface area (Å²) in [5.41, 5.74) is -1.49. The number of anilines is 1. The summed E-state index contributed by atoms with van der Waals surface area (Å²) in [5, 5.41) is 21.3. The van der Waals surface area contributed by atoms with E-state index in [1.54, 1.807) is 6.92 Å². The summed E-state index contributed by atoms with van der Waals surface area (Å²) in [4.78, 5) is 17.5. The number of carbonyl (C=O) groups is 1. The average Bonchev–Trinajstić information content (AvgIpc) is 3.41. The highest BCUT2D eigenvalue weighted by Gasteiger charge is 2.72. The van der Waals surface area contributed by atoms with Crippen LogP contribution in [-0.2, 0) is 17.4 Å². The number of nitrogens with zero attached hydrogens (tertiary/aromatic N) is 6. The van der Waals surface area contributed by atoms with Gasteiger partial charge in [0.1, 0.15) is 11.9 Å². The van der Waals surface area contributed by atoms with Gasteiger partial charge < -0.3 is 24.2 Å². The fraction of sp³-hybridized carbons (Fsp3) is 0.500. The number of fused-ring (bicyclic) bond motifs is 2. The van der Waals surface area contributed by atoms with Crippen molar-refractivity contribution in [3.8, 4) is 23.1 Å². The molecule has 0 aromatic carbocycles. The summed E-state index contributed by atoms with van der Waals surface area (Å²) >= 11 is 0. The number of alkyl halides is 5. The Labute approximate surface area is 234 Å². The smallest absolute Gasteiger partial charge is 0.481 e. The molecular formula is C26H23F5N6O5. The minimum Gasteiger partial charge on any atom is -0.481 e. The number of pyridine rings is 1. The summed E-state index contributed by atoms with van der Waals surface area (Å²) in [6, 6.07) is 2.61. The summed E-state index contributed by atoms with van der Waals surface area (Å²) < 4.78 is 84.8. The van der Waals surface area contributed by atoms with Crippen LogP contribution >= 0.6 is 0 Å². The summed E-state index contributed by atoms with van der Waals surface area (Å²) in [5.74, 6) is -1.06. The second-order valence-corrected chi connectivity index (χ2v) is 11.4. The number of rotatable bonds is 7. The number of halogens is 5. The third-order valence-electron chi connectivity index (χ3n) is 8.39. The van der Waals surface area contributed by atoms with Gasteiger partial charge in [0.25, 0.3) is 0 Å². The fourth-order valence-corrected chi connectivity index (χ4v) is 6.76. The van der Waals surface area contributed by atoms with Crippen molar-refractivity contribution in [3.63, 3.8) is 0 Å². The van der Waals surface area contributed by atoms with Crippen LogP contribution in [0.5, 0.6) is 17.4 Å². The lowest BCUT2D eigenvalue weighted by atomic mass is 9.35. The highest BCUT2D eigenvalue weighted by Crippen LogP contribution is 2.73. The summed E-state index contributed by atoms with van der Waals surface area (Å²) in [6.07, 6.45) is -4.83. The highest BCUT2D eigenvalue weighted by molar-refractivity contribution is 5.79. The monoisotopic (exact) mass is 594 g/mol. The zero-order valence-corrected chi connectivity index (χ0v) is 22.0. The number of ether oxygens (including phenoxy) is 3. The van der Waals surface area contributed by atoms with Crippen LogP contribution in [0, 0.1) is 10.8 Å². The molecule has 2 bridgehead atoms. The predicted octanol–water partition coefficient (Wildman–Crippen LogP) is 4.55. The molecule has 1 unspecified atom stereocenters. The van der Waals surface area contributed by atoms with Crippen molar-refractivity contribution in [2.24, 2.45) is 10.8 Å².